The molecule has 3 rings (SSSR count). The van der Waals surface area contributed by atoms with E-state index in [1.165, 1.54) is 16.9 Å². The Kier molecular flexibility index (Phi) is 5.68. The summed E-state index contributed by atoms with van der Waals surface area (Å²) in [5, 5.41) is 4.34. The summed E-state index contributed by atoms with van der Waals surface area (Å²) < 4.78 is 10.4. The highest BCUT2D eigenvalue weighted by atomic mass is 32.1. The summed E-state index contributed by atoms with van der Waals surface area (Å²) in [4.78, 5) is 17.9. The van der Waals surface area contributed by atoms with Crippen LogP contribution in [0.5, 0.6) is 0 Å². The van der Waals surface area contributed by atoms with E-state index in [4.69, 9.17) is 4.74 Å². The SMILES string of the molecule is CCOCCn1c(=NC(=O)c2cc(C)nn2CC)sc2cc(C)ccc21. The third-order valence-corrected chi connectivity index (χ3v) is 5.16. The van der Waals surface area contributed by atoms with Gasteiger partial charge >= 0.3 is 0 Å². The normalized spacial score (nSPS) is 12.2. The molecule has 0 saturated heterocycles. The summed E-state index contributed by atoms with van der Waals surface area (Å²) in [6, 6.07) is 8.07. The van der Waals surface area contributed by atoms with Gasteiger partial charge in [0.1, 0.15) is 5.69 Å². The number of aromatic nitrogens is 3. The maximum Gasteiger partial charge on any atom is 0.297 e. The van der Waals surface area contributed by atoms with Crippen LogP contribution in [0.2, 0.25) is 0 Å². The van der Waals surface area contributed by atoms with Crippen molar-refractivity contribution in [3.8, 4) is 0 Å². The molecule has 3 aromatic rings. The standard InChI is InChI=1S/C19H24N4O2S/c1-5-23-16(12-14(4)21-23)18(24)20-19-22(9-10-25-6-2)15-8-7-13(3)11-17(15)26-19/h7-8,11-12H,5-6,9-10H2,1-4H3. The maximum atomic E-state index is 12.8. The van der Waals surface area contributed by atoms with E-state index >= 15 is 0 Å². The van der Waals surface area contributed by atoms with Crippen LogP contribution in [0.1, 0.15) is 35.6 Å². The van der Waals surface area contributed by atoms with E-state index in [1.54, 1.807) is 10.7 Å². The maximum absolute atomic E-state index is 12.8. The van der Waals surface area contributed by atoms with E-state index in [0.717, 1.165) is 15.9 Å². The van der Waals surface area contributed by atoms with Gasteiger partial charge in [-0.15, -0.1) is 0 Å². The zero-order valence-electron chi connectivity index (χ0n) is 15.7. The Bertz CT molecular complexity index is 997. The average Bonchev–Trinajstić information content (AvgIpc) is 3.15. The highest BCUT2D eigenvalue weighted by Crippen LogP contribution is 2.19. The van der Waals surface area contributed by atoms with Crippen molar-refractivity contribution in [1.82, 2.24) is 14.3 Å². The Morgan fingerprint density at radius 3 is 2.81 bits per heavy atom. The molecule has 0 aliphatic rings. The van der Waals surface area contributed by atoms with Gasteiger partial charge in [-0.05, 0) is 51.5 Å². The Morgan fingerprint density at radius 2 is 2.08 bits per heavy atom. The lowest BCUT2D eigenvalue weighted by molar-refractivity contribution is 0.0986. The van der Waals surface area contributed by atoms with Crippen molar-refractivity contribution in [3.63, 3.8) is 0 Å². The molecule has 6 nitrogen and oxygen atoms in total. The molecule has 0 spiro atoms. The number of carbonyl (C=O) groups excluding carboxylic acids is 1. The van der Waals surface area contributed by atoms with Gasteiger partial charge in [0.2, 0.25) is 0 Å². The van der Waals surface area contributed by atoms with E-state index in [-0.39, 0.29) is 5.91 Å². The van der Waals surface area contributed by atoms with E-state index in [1.807, 2.05) is 20.8 Å². The van der Waals surface area contributed by atoms with Crippen molar-refractivity contribution in [1.29, 1.82) is 0 Å². The van der Waals surface area contributed by atoms with Gasteiger partial charge in [0, 0.05) is 19.7 Å². The smallest absolute Gasteiger partial charge is 0.297 e. The predicted octanol–water partition coefficient (Wildman–Crippen LogP) is 3.31. The van der Waals surface area contributed by atoms with E-state index in [0.29, 0.717) is 36.8 Å². The van der Waals surface area contributed by atoms with Crippen LogP contribution in [0.25, 0.3) is 10.2 Å². The van der Waals surface area contributed by atoms with Crippen molar-refractivity contribution >= 4 is 27.5 Å². The highest BCUT2D eigenvalue weighted by molar-refractivity contribution is 7.16. The molecular formula is C19H24N4O2S. The molecule has 0 saturated carbocycles. The number of aryl methyl sites for hydroxylation is 3. The van der Waals surface area contributed by atoms with Crippen molar-refractivity contribution < 1.29 is 9.53 Å². The van der Waals surface area contributed by atoms with Crippen LogP contribution in [-0.4, -0.2) is 33.5 Å². The first kappa shape index (κ1) is 18.5. The Morgan fingerprint density at radius 1 is 1.27 bits per heavy atom. The average molecular weight is 372 g/mol. The second-order valence-corrected chi connectivity index (χ2v) is 7.12. The lowest BCUT2D eigenvalue weighted by atomic mass is 10.2. The van der Waals surface area contributed by atoms with Gasteiger partial charge in [0.25, 0.3) is 5.91 Å². The van der Waals surface area contributed by atoms with Crippen molar-refractivity contribution in [2.75, 3.05) is 13.2 Å². The second-order valence-electron chi connectivity index (χ2n) is 6.11. The van der Waals surface area contributed by atoms with E-state index < -0.39 is 0 Å². The zero-order valence-corrected chi connectivity index (χ0v) is 16.5. The van der Waals surface area contributed by atoms with E-state index in [9.17, 15) is 4.79 Å². The summed E-state index contributed by atoms with van der Waals surface area (Å²) in [5.41, 5.74) is 3.61. The monoisotopic (exact) mass is 372 g/mol. The number of amides is 1. The number of rotatable bonds is 6. The van der Waals surface area contributed by atoms with Gasteiger partial charge in [0.15, 0.2) is 4.80 Å². The van der Waals surface area contributed by atoms with Crippen molar-refractivity contribution in [2.45, 2.75) is 40.8 Å². The number of nitrogens with zero attached hydrogens (tertiary/aromatic N) is 4. The Labute approximate surface area is 156 Å². The molecule has 0 unspecified atom stereocenters. The molecule has 2 heterocycles. The highest BCUT2D eigenvalue weighted by Gasteiger charge is 2.14. The molecule has 0 atom stereocenters. The second kappa shape index (κ2) is 7.97. The number of thiazole rings is 1. The van der Waals surface area contributed by atoms with Crippen LogP contribution in [0, 0.1) is 13.8 Å². The lowest BCUT2D eigenvalue weighted by Crippen LogP contribution is -2.20. The summed E-state index contributed by atoms with van der Waals surface area (Å²) in [6.07, 6.45) is 0. The van der Waals surface area contributed by atoms with Crippen LogP contribution >= 0.6 is 11.3 Å². The van der Waals surface area contributed by atoms with Gasteiger partial charge in [-0.1, -0.05) is 17.4 Å². The molecule has 0 radical (unpaired) electrons. The first-order chi connectivity index (χ1) is 12.5. The van der Waals surface area contributed by atoms with Gasteiger partial charge < -0.3 is 9.30 Å². The van der Waals surface area contributed by atoms with Crippen LogP contribution in [-0.2, 0) is 17.8 Å². The molecule has 1 amide bonds. The van der Waals surface area contributed by atoms with Crippen molar-refractivity contribution in [2.24, 2.45) is 4.99 Å². The fourth-order valence-corrected chi connectivity index (χ4v) is 4.04. The van der Waals surface area contributed by atoms with Crippen LogP contribution in [0.15, 0.2) is 29.3 Å². The molecular weight excluding hydrogens is 348 g/mol. The summed E-state index contributed by atoms with van der Waals surface area (Å²) >= 11 is 1.53. The summed E-state index contributed by atoms with van der Waals surface area (Å²) in [6.45, 7) is 10.4. The molecule has 0 N–H and O–H groups in total. The molecule has 0 aliphatic carbocycles. The van der Waals surface area contributed by atoms with Gasteiger partial charge in [-0.2, -0.15) is 10.1 Å². The number of hydrogen-bond acceptors (Lipinski definition) is 4. The first-order valence-electron chi connectivity index (χ1n) is 8.84. The van der Waals surface area contributed by atoms with Crippen LogP contribution in [0.4, 0.5) is 0 Å². The molecule has 0 bridgehead atoms. The molecule has 138 valence electrons. The Balaban J connectivity index is 2.08. The third-order valence-electron chi connectivity index (χ3n) is 4.12. The topological polar surface area (TPSA) is 61.4 Å². The van der Waals surface area contributed by atoms with Gasteiger partial charge in [-0.3, -0.25) is 9.48 Å². The van der Waals surface area contributed by atoms with Gasteiger partial charge in [-0.25, -0.2) is 0 Å². The van der Waals surface area contributed by atoms with Crippen LogP contribution in [0.3, 0.4) is 0 Å². The molecule has 1 aromatic carbocycles. The molecule has 0 fully saturated rings. The minimum atomic E-state index is -0.263. The third kappa shape index (κ3) is 3.78. The van der Waals surface area contributed by atoms with Gasteiger partial charge in [0.05, 0.1) is 22.5 Å². The number of hydrogen-bond donors (Lipinski definition) is 0. The minimum Gasteiger partial charge on any atom is -0.380 e. The largest absolute Gasteiger partial charge is 0.380 e. The minimum absolute atomic E-state index is 0.263. The molecule has 26 heavy (non-hydrogen) atoms. The fraction of sp³-hybridized carbons (Fsp3) is 0.421. The van der Waals surface area contributed by atoms with Crippen molar-refractivity contribution in [3.05, 3.63) is 46.0 Å². The number of ether oxygens (including phenoxy) is 1. The Hall–Kier alpha value is -2.25. The fourth-order valence-electron chi connectivity index (χ4n) is 2.88. The molecule has 0 aliphatic heterocycles. The number of carbonyl (C=O) groups is 1. The first-order valence-corrected chi connectivity index (χ1v) is 9.66. The molecule has 2 aromatic heterocycles. The summed E-state index contributed by atoms with van der Waals surface area (Å²) in [5.74, 6) is -0.263. The quantitative estimate of drug-likeness (QED) is 0.624. The predicted molar refractivity (Wildman–Crippen MR) is 104 cm³/mol. The number of fused-ring (bicyclic) bond motifs is 1. The number of benzene rings is 1. The molecule has 7 heteroatoms. The lowest BCUT2D eigenvalue weighted by Gasteiger charge is -2.05. The zero-order chi connectivity index (χ0) is 18.7. The van der Waals surface area contributed by atoms with Crippen LogP contribution < -0.4 is 4.80 Å². The van der Waals surface area contributed by atoms with E-state index in [2.05, 4.69) is 39.8 Å². The summed E-state index contributed by atoms with van der Waals surface area (Å²) in [7, 11) is 0.